The maximum atomic E-state index is 11.4. The highest BCUT2D eigenvalue weighted by atomic mass is 32.2. The van der Waals surface area contributed by atoms with E-state index in [0.717, 1.165) is 11.8 Å². The zero-order valence-electron chi connectivity index (χ0n) is 10.1. The Bertz CT molecular complexity index is 250. The molecule has 0 rings (SSSR count). The van der Waals surface area contributed by atoms with E-state index in [4.69, 9.17) is 15.2 Å². The lowest BCUT2D eigenvalue weighted by Gasteiger charge is -2.20. The number of ether oxygens (including phenoxy) is 2. The number of nitrogens with two attached hydrogens (primary N) is 1. The van der Waals surface area contributed by atoms with Crippen LogP contribution in [0.4, 0.5) is 4.79 Å². The Morgan fingerprint density at radius 3 is 2.31 bits per heavy atom. The fourth-order valence-corrected chi connectivity index (χ4v) is 1.15. The van der Waals surface area contributed by atoms with Crippen molar-refractivity contribution < 1.29 is 19.1 Å². The van der Waals surface area contributed by atoms with Crippen LogP contribution in [0.5, 0.6) is 0 Å². The molecule has 0 amide bonds. The second-order valence-corrected chi connectivity index (χ2v) is 5.26. The Kier molecular flexibility index (Phi) is 6.43. The topological polar surface area (TPSA) is 78.6 Å². The number of carbonyl (C=O) groups excluding carboxylic acids is 2. The second-order valence-electron chi connectivity index (χ2n) is 4.23. The molecule has 5 nitrogen and oxygen atoms in total. The van der Waals surface area contributed by atoms with Crippen LogP contribution in [0.1, 0.15) is 27.7 Å². The minimum Gasteiger partial charge on any atom is -0.425 e. The lowest BCUT2D eigenvalue weighted by Crippen LogP contribution is -2.29. The van der Waals surface area contributed by atoms with Gasteiger partial charge in [-0.3, -0.25) is 4.79 Å². The Morgan fingerprint density at radius 2 is 1.88 bits per heavy atom. The molecule has 2 N–H and O–H groups in total. The summed E-state index contributed by atoms with van der Waals surface area (Å²) in [5.74, 6) is 0.0790. The van der Waals surface area contributed by atoms with Crippen molar-refractivity contribution in [2.24, 2.45) is 11.1 Å². The molecule has 16 heavy (non-hydrogen) atoms. The van der Waals surface area contributed by atoms with Crippen LogP contribution in [0, 0.1) is 5.41 Å². The highest BCUT2D eigenvalue weighted by molar-refractivity contribution is 8.13. The van der Waals surface area contributed by atoms with Crippen molar-refractivity contribution in [1.82, 2.24) is 0 Å². The van der Waals surface area contributed by atoms with Crippen LogP contribution >= 0.6 is 11.8 Å². The van der Waals surface area contributed by atoms with Gasteiger partial charge in [-0.25, -0.2) is 4.79 Å². The molecular weight excluding hydrogens is 230 g/mol. The van der Waals surface area contributed by atoms with Crippen LogP contribution in [-0.2, 0) is 14.3 Å². The van der Waals surface area contributed by atoms with Gasteiger partial charge >= 0.3 is 11.3 Å². The molecule has 0 aliphatic rings. The van der Waals surface area contributed by atoms with Gasteiger partial charge in [0.25, 0.3) is 0 Å². The van der Waals surface area contributed by atoms with Crippen molar-refractivity contribution in [3.63, 3.8) is 0 Å². The van der Waals surface area contributed by atoms with Crippen molar-refractivity contribution in [2.75, 3.05) is 12.3 Å². The van der Waals surface area contributed by atoms with Crippen LogP contribution in [0.3, 0.4) is 0 Å². The zero-order chi connectivity index (χ0) is 12.8. The Labute approximate surface area is 100 Å². The molecule has 0 spiro atoms. The van der Waals surface area contributed by atoms with Gasteiger partial charge in [0.05, 0.1) is 5.41 Å². The Balaban J connectivity index is 3.95. The maximum Gasteiger partial charge on any atom is 0.370 e. The molecule has 0 saturated heterocycles. The number of rotatable bonds is 4. The third kappa shape index (κ3) is 6.68. The van der Waals surface area contributed by atoms with Crippen LogP contribution in [0.25, 0.3) is 0 Å². The van der Waals surface area contributed by atoms with E-state index in [1.807, 2.05) is 0 Å². The maximum absolute atomic E-state index is 11.4. The van der Waals surface area contributed by atoms with Gasteiger partial charge < -0.3 is 15.2 Å². The third-order valence-electron chi connectivity index (χ3n) is 1.49. The first kappa shape index (κ1) is 15.2. The molecule has 0 radical (unpaired) electrons. The van der Waals surface area contributed by atoms with Crippen molar-refractivity contribution in [2.45, 2.75) is 34.0 Å². The molecule has 6 heteroatoms. The molecule has 0 aromatic heterocycles. The zero-order valence-corrected chi connectivity index (χ0v) is 10.9. The van der Waals surface area contributed by atoms with Gasteiger partial charge in [0.1, 0.15) is 0 Å². The van der Waals surface area contributed by atoms with Crippen molar-refractivity contribution in [3.05, 3.63) is 0 Å². The van der Waals surface area contributed by atoms with E-state index in [-0.39, 0.29) is 0 Å². The highest BCUT2D eigenvalue weighted by Gasteiger charge is 2.26. The quantitative estimate of drug-likeness (QED) is 0.604. The molecule has 1 unspecified atom stereocenters. The molecule has 0 saturated carbocycles. The lowest BCUT2D eigenvalue weighted by molar-refractivity contribution is -0.173. The summed E-state index contributed by atoms with van der Waals surface area (Å²) >= 11 is 0.962. The lowest BCUT2D eigenvalue weighted by atomic mass is 9.97. The summed E-state index contributed by atoms with van der Waals surface area (Å²) < 4.78 is 9.78. The van der Waals surface area contributed by atoms with E-state index in [2.05, 4.69) is 0 Å². The van der Waals surface area contributed by atoms with Crippen LogP contribution in [0.2, 0.25) is 0 Å². The van der Waals surface area contributed by atoms with E-state index < -0.39 is 23.0 Å². The monoisotopic (exact) mass is 249 g/mol. The Hall–Kier alpha value is -0.750. The summed E-state index contributed by atoms with van der Waals surface area (Å²) in [6, 6.07) is 0. The second kappa shape index (κ2) is 6.75. The first-order valence-corrected chi connectivity index (χ1v) is 6.00. The molecule has 0 aliphatic carbocycles. The summed E-state index contributed by atoms with van der Waals surface area (Å²) in [6.07, 6.45) is -0.871. The average molecular weight is 249 g/mol. The summed E-state index contributed by atoms with van der Waals surface area (Å²) in [5, 5.41) is -0.486. The SMILES string of the molecule is CC(OC(=O)SCCN)OC(=O)C(C)(C)C. The van der Waals surface area contributed by atoms with E-state index in [9.17, 15) is 9.59 Å². The normalized spacial score (nSPS) is 13.1. The Morgan fingerprint density at radius 1 is 1.31 bits per heavy atom. The van der Waals surface area contributed by atoms with E-state index in [1.54, 1.807) is 20.8 Å². The molecule has 0 aliphatic heterocycles. The number of carbonyl (C=O) groups is 2. The van der Waals surface area contributed by atoms with Crippen molar-refractivity contribution in [3.8, 4) is 0 Å². The van der Waals surface area contributed by atoms with Crippen LogP contribution < -0.4 is 5.73 Å². The van der Waals surface area contributed by atoms with Gasteiger partial charge in [-0.05, 0) is 32.5 Å². The minimum atomic E-state index is -0.871. The van der Waals surface area contributed by atoms with Gasteiger partial charge in [0, 0.05) is 19.2 Å². The molecular formula is C10H19NO4S. The molecule has 94 valence electrons. The number of hydrogen-bond acceptors (Lipinski definition) is 6. The minimum absolute atomic E-state index is 0.399. The fraction of sp³-hybridized carbons (Fsp3) is 0.800. The third-order valence-corrected chi connectivity index (χ3v) is 2.26. The van der Waals surface area contributed by atoms with E-state index >= 15 is 0 Å². The van der Waals surface area contributed by atoms with Crippen molar-refractivity contribution >= 4 is 23.0 Å². The number of esters is 1. The fourth-order valence-electron chi connectivity index (χ4n) is 0.663. The summed E-state index contributed by atoms with van der Waals surface area (Å²) in [6.45, 7) is 7.09. The van der Waals surface area contributed by atoms with E-state index in [1.165, 1.54) is 6.92 Å². The van der Waals surface area contributed by atoms with Gasteiger partial charge in [0.15, 0.2) is 0 Å². The average Bonchev–Trinajstić information content (AvgIpc) is 2.12. The molecule has 1 atom stereocenters. The summed E-state index contributed by atoms with van der Waals surface area (Å²) in [7, 11) is 0. The van der Waals surface area contributed by atoms with Gasteiger partial charge in [-0.2, -0.15) is 0 Å². The standard InChI is InChI=1S/C10H19NO4S/c1-7(14-8(12)10(2,3)4)15-9(13)16-6-5-11/h7H,5-6,11H2,1-4H3. The highest BCUT2D eigenvalue weighted by Crippen LogP contribution is 2.17. The first-order valence-electron chi connectivity index (χ1n) is 5.02. The van der Waals surface area contributed by atoms with Crippen LogP contribution in [-0.4, -0.2) is 29.9 Å². The van der Waals surface area contributed by atoms with E-state index in [0.29, 0.717) is 12.3 Å². The van der Waals surface area contributed by atoms with Gasteiger partial charge in [-0.1, -0.05) is 0 Å². The summed E-state index contributed by atoms with van der Waals surface area (Å²) in [5.41, 5.74) is 4.63. The van der Waals surface area contributed by atoms with Crippen molar-refractivity contribution in [1.29, 1.82) is 0 Å². The molecule has 0 aromatic rings. The first-order chi connectivity index (χ1) is 7.27. The van der Waals surface area contributed by atoms with Crippen LogP contribution in [0.15, 0.2) is 0 Å². The molecule has 0 bridgehead atoms. The largest absolute Gasteiger partial charge is 0.425 e. The molecule has 0 fully saturated rings. The molecule has 0 aromatic carbocycles. The van der Waals surface area contributed by atoms with Gasteiger partial charge in [0.2, 0.25) is 6.29 Å². The predicted octanol–water partition coefficient (Wildman–Crippen LogP) is 1.75. The number of thioether (sulfide) groups is 1. The number of hydrogen-bond donors (Lipinski definition) is 1. The van der Waals surface area contributed by atoms with Gasteiger partial charge in [-0.15, -0.1) is 0 Å². The summed E-state index contributed by atoms with van der Waals surface area (Å²) in [4.78, 5) is 22.6. The molecule has 0 heterocycles. The smallest absolute Gasteiger partial charge is 0.370 e. The predicted molar refractivity (Wildman–Crippen MR) is 63.0 cm³/mol.